The van der Waals surface area contributed by atoms with Crippen molar-refractivity contribution in [1.29, 1.82) is 0 Å². The van der Waals surface area contributed by atoms with Gasteiger partial charge in [0, 0.05) is 9.50 Å². The van der Waals surface area contributed by atoms with E-state index in [0.29, 0.717) is 6.61 Å². The van der Waals surface area contributed by atoms with Crippen LogP contribution < -0.4 is 0 Å². The molecule has 0 spiro atoms. The number of halogens is 2. The molecule has 0 unspecified atom stereocenters. The summed E-state index contributed by atoms with van der Waals surface area (Å²) in [5, 5.41) is 0.986. The smallest absolute Gasteiger partial charge is 0.192 e. The van der Waals surface area contributed by atoms with Crippen molar-refractivity contribution in [3.8, 4) is 0 Å². The van der Waals surface area contributed by atoms with Crippen LogP contribution in [0.5, 0.6) is 0 Å². The number of rotatable bonds is 3. The van der Waals surface area contributed by atoms with Crippen LogP contribution in [-0.4, -0.2) is 8.32 Å². The monoisotopic (exact) mass is 334 g/mol. The molecular weight excluding hydrogens is 316 g/mol. The molecular formula is C13H20BrClOSi. The number of hydrogen-bond donors (Lipinski definition) is 0. The molecule has 0 heterocycles. The minimum Gasteiger partial charge on any atom is -0.413 e. The van der Waals surface area contributed by atoms with Crippen LogP contribution in [0.25, 0.3) is 0 Å². The van der Waals surface area contributed by atoms with Crippen molar-refractivity contribution in [2.45, 2.75) is 45.5 Å². The second-order valence-electron chi connectivity index (χ2n) is 5.78. The Morgan fingerprint density at radius 1 is 1.29 bits per heavy atom. The lowest BCUT2D eigenvalue weighted by Crippen LogP contribution is -2.40. The molecule has 1 rings (SSSR count). The molecule has 0 amide bonds. The van der Waals surface area contributed by atoms with E-state index >= 15 is 0 Å². The van der Waals surface area contributed by atoms with Crippen molar-refractivity contribution < 1.29 is 4.43 Å². The lowest BCUT2D eigenvalue weighted by atomic mass is 10.2. The molecule has 4 heteroatoms. The third-order valence-corrected chi connectivity index (χ3v) is 8.89. The zero-order valence-electron chi connectivity index (χ0n) is 11.1. The highest BCUT2D eigenvalue weighted by molar-refractivity contribution is 9.10. The summed E-state index contributed by atoms with van der Waals surface area (Å²) in [5.41, 5.74) is 1.11. The van der Waals surface area contributed by atoms with Crippen LogP contribution >= 0.6 is 27.5 Å². The quantitative estimate of drug-likeness (QED) is 0.651. The van der Waals surface area contributed by atoms with Crippen LogP contribution in [0.4, 0.5) is 0 Å². The van der Waals surface area contributed by atoms with Crippen molar-refractivity contribution in [3.63, 3.8) is 0 Å². The molecule has 17 heavy (non-hydrogen) atoms. The first kappa shape index (κ1) is 15.2. The SMILES string of the molecule is CC(C)(C)[Si](C)(C)OCc1cc(Cl)ccc1Br. The molecule has 0 aliphatic rings. The third kappa shape index (κ3) is 4.09. The molecule has 0 aliphatic heterocycles. The van der Waals surface area contributed by atoms with Gasteiger partial charge < -0.3 is 4.43 Å². The minimum atomic E-state index is -1.69. The minimum absolute atomic E-state index is 0.234. The summed E-state index contributed by atoms with van der Waals surface area (Å²) in [4.78, 5) is 0. The highest BCUT2D eigenvalue weighted by Crippen LogP contribution is 2.37. The second-order valence-corrected chi connectivity index (χ2v) is 11.9. The fourth-order valence-corrected chi connectivity index (χ4v) is 2.63. The number of benzene rings is 1. The van der Waals surface area contributed by atoms with Crippen LogP contribution in [0.1, 0.15) is 26.3 Å². The van der Waals surface area contributed by atoms with Gasteiger partial charge in [-0.25, -0.2) is 0 Å². The Morgan fingerprint density at radius 3 is 2.41 bits per heavy atom. The average Bonchev–Trinajstić information content (AvgIpc) is 2.18. The van der Waals surface area contributed by atoms with E-state index in [2.05, 4.69) is 49.8 Å². The van der Waals surface area contributed by atoms with E-state index in [1.54, 1.807) is 0 Å². The lowest BCUT2D eigenvalue weighted by Gasteiger charge is -2.36. The molecule has 0 bridgehead atoms. The normalized spacial score (nSPS) is 12.9. The summed E-state index contributed by atoms with van der Waals surface area (Å²) < 4.78 is 7.22. The van der Waals surface area contributed by atoms with Gasteiger partial charge in [0.1, 0.15) is 0 Å². The van der Waals surface area contributed by atoms with Gasteiger partial charge in [-0.1, -0.05) is 48.3 Å². The second kappa shape index (κ2) is 5.43. The summed E-state index contributed by atoms with van der Waals surface area (Å²) >= 11 is 9.52. The predicted octanol–water partition coefficient (Wildman–Crippen LogP) is 5.62. The van der Waals surface area contributed by atoms with Gasteiger partial charge in [0.05, 0.1) is 6.61 Å². The first-order valence-electron chi connectivity index (χ1n) is 5.71. The van der Waals surface area contributed by atoms with Gasteiger partial charge in [-0.3, -0.25) is 0 Å². The Hall–Kier alpha value is 0.167. The lowest BCUT2D eigenvalue weighted by molar-refractivity contribution is 0.275. The van der Waals surface area contributed by atoms with Crippen molar-refractivity contribution in [1.82, 2.24) is 0 Å². The van der Waals surface area contributed by atoms with E-state index in [1.807, 2.05) is 18.2 Å². The predicted molar refractivity (Wildman–Crippen MR) is 81.1 cm³/mol. The Bertz CT molecular complexity index is 399. The molecule has 96 valence electrons. The van der Waals surface area contributed by atoms with E-state index in [0.717, 1.165) is 15.1 Å². The maximum atomic E-state index is 6.17. The van der Waals surface area contributed by atoms with Crippen LogP contribution in [0.15, 0.2) is 22.7 Å². The van der Waals surface area contributed by atoms with Crippen molar-refractivity contribution in [2.24, 2.45) is 0 Å². The third-order valence-electron chi connectivity index (χ3n) is 3.40. The fraction of sp³-hybridized carbons (Fsp3) is 0.538. The maximum Gasteiger partial charge on any atom is 0.192 e. The van der Waals surface area contributed by atoms with Gasteiger partial charge in [0.2, 0.25) is 0 Å². The molecule has 0 saturated carbocycles. The number of hydrogen-bond acceptors (Lipinski definition) is 1. The van der Waals surface area contributed by atoms with E-state index < -0.39 is 8.32 Å². The van der Waals surface area contributed by atoms with Gasteiger partial charge in [0.25, 0.3) is 0 Å². The highest BCUT2D eigenvalue weighted by Gasteiger charge is 2.37. The van der Waals surface area contributed by atoms with Crippen LogP contribution in [-0.2, 0) is 11.0 Å². The standard InChI is InChI=1S/C13H20BrClOSi/c1-13(2,3)17(4,5)16-9-10-8-11(15)6-7-12(10)14/h6-8H,9H2,1-5H3. The van der Waals surface area contributed by atoms with Gasteiger partial charge in [0.15, 0.2) is 8.32 Å². The van der Waals surface area contributed by atoms with Crippen LogP contribution in [0, 0.1) is 0 Å². The van der Waals surface area contributed by atoms with Crippen molar-refractivity contribution in [3.05, 3.63) is 33.3 Å². The van der Waals surface area contributed by atoms with Gasteiger partial charge >= 0.3 is 0 Å². The highest BCUT2D eigenvalue weighted by atomic mass is 79.9. The molecule has 0 aromatic heterocycles. The molecule has 0 saturated heterocycles. The summed E-state index contributed by atoms with van der Waals surface area (Å²) in [6, 6.07) is 5.80. The van der Waals surface area contributed by atoms with Crippen molar-refractivity contribution in [2.75, 3.05) is 0 Å². The fourth-order valence-electron chi connectivity index (χ4n) is 1.13. The summed E-state index contributed by atoms with van der Waals surface area (Å²) in [6.45, 7) is 11.9. The Morgan fingerprint density at radius 2 is 1.88 bits per heavy atom. The first-order chi connectivity index (χ1) is 7.63. The van der Waals surface area contributed by atoms with E-state index in [4.69, 9.17) is 16.0 Å². The van der Waals surface area contributed by atoms with Gasteiger partial charge in [-0.2, -0.15) is 0 Å². The average molecular weight is 336 g/mol. The molecule has 0 N–H and O–H groups in total. The summed E-state index contributed by atoms with van der Waals surface area (Å²) in [6.07, 6.45) is 0. The van der Waals surface area contributed by atoms with Crippen LogP contribution in [0.2, 0.25) is 23.2 Å². The summed E-state index contributed by atoms with van der Waals surface area (Å²) in [5.74, 6) is 0. The molecule has 0 atom stereocenters. The molecule has 1 nitrogen and oxygen atoms in total. The first-order valence-corrected chi connectivity index (χ1v) is 9.79. The molecule has 1 aromatic carbocycles. The molecule has 0 radical (unpaired) electrons. The van der Waals surface area contributed by atoms with Gasteiger partial charge in [-0.05, 0) is 41.9 Å². The summed E-state index contributed by atoms with van der Waals surface area (Å²) in [7, 11) is -1.69. The van der Waals surface area contributed by atoms with Gasteiger partial charge in [-0.15, -0.1) is 0 Å². The Labute approximate surface area is 119 Å². The Balaban J connectivity index is 2.77. The van der Waals surface area contributed by atoms with E-state index in [9.17, 15) is 0 Å². The maximum absolute atomic E-state index is 6.17. The topological polar surface area (TPSA) is 9.23 Å². The zero-order chi connectivity index (χ0) is 13.3. The van der Waals surface area contributed by atoms with E-state index in [-0.39, 0.29) is 5.04 Å². The molecule has 0 aliphatic carbocycles. The van der Waals surface area contributed by atoms with E-state index in [1.165, 1.54) is 0 Å². The Kier molecular flexibility index (Phi) is 4.86. The largest absolute Gasteiger partial charge is 0.413 e. The zero-order valence-corrected chi connectivity index (χ0v) is 14.4. The molecule has 1 aromatic rings. The van der Waals surface area contributed by atoms with Crippen LogP contribution in [0.3, 0.4) is 0 Å². The molecule has 0 fully saturated rings. The van der Waals surface area contributed by atoms with Crippen molar-refractivity contribution >= 4 is 35.8 Å².